The molecule has 1 atom stereocenters. The monoisotopic (exact) mass is 215 g/mol. The highest BCUT2D eigenvalue weighted by molar-refractivity contribution is 5.57. The second-order valence-electron chi connectivity index (χ2n) is 4.42. The van der Waals surface area contributed by atoms with E-state index in [1.54, 1.807) is 0 Å². The van der Waals surface area contributed by atoms with Crippen molar-refractivity contribution in [3.05, 3.63) is 29.3 Å². The zero-order valence-corrected chi connectivity index (χ0v) is 9.61. The number of nitrogens with zero attached hydrogens (tertiary/aromatic N) is 2. The predicted octanol–water partition coefficient (Wildman–Crippen LogP) is 1.60. The van der Waals surface area contributed by atoms with Crippen LogP contribution in [0.5, 0.6) is 0 Å². The molecule has 3 nitrogen and oxygen atoms in total. The zero-order valence-electron chi connectivity index (χ0n) is 9.61. The van der Waals surface area contributed by atoms with Gasteiger partial charge in [-0.3, -0.25) is 0 Å². The summed E-state index contributed by atoms with van der Waals surface area (Å²) in [6, 6.07) is 8.20. The van der Waals surface area contributed by atoms with Crippen LogP contribution in [0.2, 0.25) is 0 Å². The van der Waals surface area contributed by atoms with Crippen molar-refractivity contribution in [1.29, 1.82) is 5.26 Å². The Morgan fingerprint density at radius 1 is 1.56 bits per heavy atom. The van der Waals surface area contributed by atoms with Gasteiger partial charge in [0, 0.05) is 18.8 Å². The summed E-state index contributed by atoms with van der Waals surface area (Å²) in [5.74, 6) is 0. The summed E-state index contributed by atoms with van der Waals surface area (Å²) in [7, 11) is 0. The lowest BCUT2D eigenvalue weighted by atomic mass is 9.99. The van der Waals surface area contributed by atoms with Crippen LogP contribution in [0.1, 0.15) is 17.5 Å². The highest BCUT2D eigenvalue weighted by atomic mass is 15.1. The summed E-state index contributed by atoms with van der Waals surface area (Å²) >= 11 is 0. The molecule has 3 heteroatoms. The molecule has 0 amide bonds. The summed E-state index contributed by atoms with van der Waals surface area (Å²) < 4.78 is 0. The van der Waals surface area contributed by atoms with Crippen molar-refractivity contribution in [3.63, 3.8) is 0 Å². The molecule has 0 aliphatic carbocycles. The maximum Gasteiger partial charge on any atom is 0.110 e. The van der Waals surface area contributed by atoms with Gasteiger partial charge in [0.15, 0.2) is 0 Å². The van der Waals surface area contributed by atoms with Crippen LogP contribution < -0.4 is 10.6 Å². The highest BCUT2D eigenvalue weighted by Crippen LogP contribution is 2.27. The van der Waals surface area contributed by atoms with Crippen LogP contribution in [0.3, 0.4) is 0 Å². The van der Waals surface area contributed by atoms with Gasteiger partial charge in [0.05, 0.1) is 6.07 Å². The minimum absolute atomic E-state index is 0.396. The van der Waals surface area contributed by atoms with Gasteiger partial charge < -0.3 is 10.6 Å². The van der Waals surface area contributed by atoms with Crippen LogP contribution in [0, 0.1) is 18.3 Å². The van der Waals surface area contributed by atoms with Crippen molar-refractivity contribution in [2.24, 2.45) is 5.73 Å². The number of hydrogen-bond acceptors (Lipinski definition) is 3. The molecule has 0 saturated heterocycles. The molecule has 0 spiro atoms. The quantitative estimate of drug-likeness (QED) is 0.815. The van der Waals surface area contributed by atoms with Gasteiger partial charge in [-0.05, 0) is 31.4 Å². The topological polar surface area (TPSA) is 53.0 Å². The molecule has 1 aromatic rings. The molecule has 16 heavy (non-hydrogen) atoms. The van der Waals surface area contributed by atoms with Crippen LogP contribution in [0.15, 0.2) is 18.2 Å². The first-order valence-electron chi connectivity index (χ1n) is 5.70. The Morgan fingerprint density at radius 3 is 3.12 bits per heavy atom. The van der Waals surface area contributed by atoms with Gasteiger partial charge in [-0.2, -0.15) is 5.26 Å². The van der Waals surface area contributed by atoms with E-state index in [9.17, 15) is 0 Å². The van der Waals surface area contributed by atoms with Gasteiger partial charge in [0.25, 0.3) is 0 Å². The third-order valence-electron chi connectivity index (χ3n) is 3.03. The standard InChI is InChI=1S/C13H17N3/c1-10-4-5-13-11(7-10)3-2-6-16(13)9-12(15)8-14/h4-5,7,12H,2-3,6,9,15H2,1H3. The molecule has 1 aliphatic rings. The average Bonchev–Trinajstić information content (AvgIpc) is 2.28. The van der Waals surface area contributed by atoms with Gasteiger partial charge in [0.2, 0.25) is 0 Å². The zero-order chi connectivity index (χ0) is 11.5. The van der Waals surface area contributed by atoms with Crippen molar-refractivity contribution in [2.75, 3.05) is 18.0 Å². The van der Waals surface area contributed by atoms with Crippen molar-refractivity contribution >= 4 is 5.69 Å². The fraction of sp³-hybridized carbons (Fsp3) is 0.462. The molecule has 1 unspecified atom stereocenters. The molecule has 0 fully saturated rings. The number of rotatable bonds is 2. The normalized spacial score (nSPS) is 16.4. The molecule has 1 aliphatic heterocycles. The molecule has 2 rings (SSSR count). The van der Waals surface area contributed by atoms with Crippen molar-refractivity contribution in [3.8, 4) is 6.07 Å². The van der Waals surface area contributed by atoms with Crippen LogP contribution in [-0.4, -0.2) is 19.1 Å². The second-order valence-corrected chi connectivity index (χ2v) is 4.42. The highest BCUT2D eigenvalue weighted by Gasteiger charge is 2.18. The number of anilines is 1. The lowest BCUT2D eigenvalue weighted by Gasteiger charge is -2.32. The fourth-order valence-corrected chi connectivity index (χ4v) is 2.27. The van der Waals surface area contributed by atoms with Crippen LogP contribution >= 0.6 is 0 Å². The summed E-state index contributed by atoms with van der Waals surface area (Å²) in [6.07, 6.45) is 2.28. The van der Waals surface area contributed by atoms with Crippen molar-refractivity contribution in [2.45, 2.75) is 25.8 Å². The Labute approximate surface area is 96.5 Å². The van der Waals surface area contributed by atoms with E-state index in [2.05, 4.69) is 36.1 Å². The summed E-state index contributed by atoms with van der Waals surface area (Å²) in [5.41, 5.74) is 9.62. The molecule has 0 bridgehead atoms. The molecule has 0 radical (unpaired) electrons. The van der Waals surface area contributed by atoms with E-state index in [4.69, 9.17) is 11.0 Å². The summed E-state index contributed by atoms with van der Waals surface area (Å²) in [4.78, 5) is 2.23. The Morgan fingerprint density at radius 2 is 2.38 bits per heavy atom. The van der Waals surface area contributed by atoms with Gasteiger partial charge in [-0.25, -0.2) is 0 Å². The van der Waals surface area contributed by atoms with E-state index in [0.717, 1.165) is 19.4 Å². The van der Waals surface area contributed by atoms with E-state index in [-0.39, 0.29) is 0 Å². The minimum Gasteiger partial charge on any atom is -0.369 e. The number of hydrogen-bond donors (Lipinski definition) is 1. The first-order chi connectivity index (χ1) is 7.70. The number of fused-ring (bicyclic) bond motifs is 1. The third-order valence-corrected chi connectivity index (χ3v) is 3.03. The smallest absolute Gasteiger partial charge is 0.110 e. The second kappa shape index (κ2) is 4.54. The number of nitriles is 1. The maximum atomic E-state index is 8.76. The summed E-state index contributed by atoms with van der Waals surface area (Å²) in [6.45, 7) is 3.75. The van der Waals surface area contributed by atoms with Crippen molar-refractivity contribution < 1.29 is 0 Å². The SMILES string of the molecule is Cc1ccc2c(c1)CCCN2CC(N)C#N. The molecule has 1 heterocycles. The van der Waals surface area contributed by atoms with Crippen LogP contribution in [-0.2, 0) is 6.42 Å². The molecule has 2 N–H and O–H groups in total. The molecule has 0 aromatic heterocycles. The van der Waals surface area contributed by atoms with Gasteiger partial charge in [-0.15, -0.1) is 0 Å². The number of aryl methyl sites for hydroxylation is 2. The van der Waals surface area contributed by atoms with E-state index in [1.807, 2.05) is 0 Å². The fourth-order valence-electron chi connectivity index (χ4n) is 2.27. The van der Waals surface area contributed by atoms with E-state index < -0.39 is 6.04 Å². The number of benzene rings is 1. The molecular weight excluding hydrogens is 198 g/mol. The van der Waals surface area contributed by atoms with Crippen LogP contribution in [0.4, 0.5) is 5.69 Å². The molecular formula is C13H17N3. The lowest BCUT2D eigenvalue weighted by Crippen LogP contribution is -2.39. The molecule has 0 saturated carbocycles. The molecule has 84 valence electrons. The van der Waals surface area contributed by atoms with Crippen LogP contribution in [0.25, 0.3) is 0 Å². The number of nitrogens with two attached hydrogens (primary N) is 1. The Balaban J connectivity index is 2.23. The minimum atomic E-state index is -0.396. The molecule has 1 aromatic carbocycles. The largest absolute Gasteiger partial charge is 0.369 e. The van der Waals surface area contributed by atoms with Gasteiger partial charge in [-0.1, -0.05) is 17.7 Å². The average molecular weight is 215 g/mol. The van der Waals surface area contributed by atoms with Crippen molar-refractivity contribution in [1.82, 2.24) is 0 Å². The maximum absolute atomic E-state index is 8.76. The van der Waals surface area contributed by atoms with Gasteiger partial charge >= 0.3 is 0 Å². The third kappa shape index (κ3) is 2.17. The summed E-state index contributed by atoms with van der Waals surface area (Å²) in [5, 5.41) is 8.76. The van der Waals surface area contributed by atoms with Gasteiger partial charge in [0.1, 0.15) is 6.04 Å². The Kier molecular flexibility index (Phi) is 3.12. The first-order valence-corrected chi connectivity index (χ1v) is 5.70. The van der Waals surface area contributed by atoms with E-state index in [1.165, 1.54) is 16.8 Å². The Bertz CT molecular complexity index is 420. The predicted molar refractivity (Wildman–Crippen MR) is 65.3 cm³/mol. The lowest BCUT2D eigenvalue weighted by molar-refractivity contribution is 0.662. The van der Waals surface area contributed by atoms with E-state index in [0.29, 0.717) is 6.54 Å². The Hall–Kier alpha value is -1.53. The first kappa shape index (κ1) is 11.0. The van der Waals surface area contributed by atoms with E-state index >= 15 is 0 Å².